The van der Waals surface area contributed by atoms with E-state index in [9.17, 15) is 14.9 Å². The van der Waals surface area contributed by atoms with Crippen molar-refractivity contribution in [3.63, 3.8) is 0 Å². The molecule has 29 heavy (non-hydrogen) atoms. The van der Waals surface area contributed by atoms with Gasteiger partial charge in [0.25, 0.3) is 0 Å². The highest BCUT2D eigenvalue weighted by atomic mass is 35.5. The lowest BCUT2D eigenvalue weighted by Gasteiger charge is -2.13. The summed E-state index contributed by atoms with van der Waals surface area (Å²) >= 11 is 5.91. The van der Waals surface area contributed by atoms with E-state index in [2.05, 4.69) is 15.5 Å². The van der Waals surface area contributed by atoms with E-state index in [1.54, 1.807) is 44.3 Å². The number of nitrogens with zero attached hydrogens (tertiary/aromatic N) is 5. The van der Waals surface area contributed by atoms with E-state index in [1.165, 1.54) is 22.5 Å². The molecule has 0 bridgehead atoms. The first-order valence-corrected chi connectivity index (χ1v) is 9.06. The molecule has 1 atom stereocenters. The summed E-state index contributed by atoms with van der Waals surface area (Å²) in [6.07, 6.45) is 3.09. The minimum atomic E-state index is -0.742. The number of nitro groups is 1. The van der Waals surface area contributed by atoms with Crippen LogP contribution in [0.1, 0.15) is 24.4 Å². The van der Waals surface area contributed by atoms with E-state index in [0.717, 1.165) is 0 Å². The summed E-state index contributed by atoms with van der Waals surface area (Å²) in [6, 6.07) is 6.23. The second-order valence-electron chi connectivity index (χ2n) is 6.39. The van der Waals surface area contributed by atoms with Gasteiger partial charge in [-0.05, 0) is 39.0 Å². The summed E-state index contributed by atoms with van der Waals surface area (Å²) < 4.78 is 8.44. The highest BCUT2D eigenvalue weighted by Crippen LogP contribution is 2.25. The summed E-state index contributed by atoms with van der Waals surface area (Å²) in [6.45, 7) is 4.85. The van der Waals surface area contributed by atoms with Gasteiger partial charge >= 0.3 is 5.69 Å². The van der Waals surface area contributed by atoms with Gasteiger partial charge in [0.1, 0.15) is 23.2 Å². The molecule has 1 amide bonds. The average molecular weight is 419 g/mol. The summed E-state index contributed by atoms with van der Waals surface area (Å²) in [7, 11) is 0. The molecule has 1 N–H and O–H groups in total. The number of halogens is 1. The van der Waals surface area contributed by atoms with Crippen molar-refractivity contribution in [3.8, 4) is 5.75 Å². The quantitative estimate of drug-likeness (QED) is 0.463. The van der Waals surface area contributed by atoms with Crippen molar-refractivity contribution in [1.82, 2.24) is 19.6 Å². The zero-order valence-corrected chi connectivity index (χ0v) is 16.8. The third-order valence-electron chi connectivity index (χ3n) is 4.28. The smallest absolute Gasteiger partial charge is 0.312 e. The van der Waals surface area contributed by atoms with Gasteiger partial charge in [0, 0.05) is 5.02 Å². The van der Waals surface area contributed by atoms with Crippen molar-refractivity contribution in [3.05, 3.63) is 63.2 Å². The Morgan fingerprint density at radius 2 is 2.17 bits per heavy atom. The van der Waals surface area contributed by atoms with Crippen molar-refractivity contribution in [1.29, 1.82) is 0 Å². The Labute approximate surface area is 171 Å². The van der Waals surface area contributed by atoms with Gasteiger partial charge in [0.05, 0.1) is 23.0 Å². The van der Waals surface area contributed by atoms with Crippen LogP contribution in [0, 0.1) is 24.0 Å². The predicted molar refractivity (Wildman–Crippen MR) is 106 cm³/mol. The molecule has 0 fully saturated rings. The van der Waals surface area contributed by atoms with E-state index in [1.807, 2.05) is 0 Å². The summed E-state index contributed by atoms with van der Waals surface area (Å²) in [5.74, 6) is 0.221. The second kappa shape index (κ2) is 8.31. The molecule has 152 valence electrons. The maximum Gasteiger partial charge on any atom is 0.312 e. The van der Waals surface area contributed by atoms with E-state index < -0.39 is 11.0 Å². The van der Waals surface area contributed by atoms with Crippen molar-refractivity contribution in [2.45, 2.75) is 33.5 Å². The Kier molecular flexibility index (Phi) is 5.83. The van der Waals surface area contributed by atoms with Gasteiger partial charge in [-0.1, -0.05) is 17.7 Å². The first kappa shape index (κ1) is 20.3. The largest absolute Gasteiger partial charge is 0.471 e. The molecule has 2 heterocycles. The van der Waals surface area contributed by atoms with Gasteiger partial charge < -0.3 is 10.1 Å². The Morgan fingerprint density at radius 1 is 1.41 bits per heavy atom. The van der Waals surface area contributed by atoms with Crippen molar-refractivity contribution in [2.75, 3.05) is 5.32 Å². The molecule has 0 aliphatic heterocycles. The number of hydrogen-bond acceptors (Lipinski definition) is 6. The van der Waals surface area contributed by atoms with Crippen LogP contribution >= 0.6 is 11.6 Å². The first-order chi connectivity index (χ1) is 13.8. The molecule has 3 aromatic rings. The molecule has 1 aromatic carbocycles. The lowest BCUT2D eigenvalue weighted by molar-refractivity contribution is -0.386. The molecule has 3 rings (SSSR count). The molecule has 0 aliphatic rings. The van der Waals surface area contributed by atoms with Crippen molar-refractivity contribution in [2.24, 2.45) is 0 Å². The summed E-state index contributed by atoms with van der Waals surface area (Å²) in [4.78, 5) is 23.2. The number of amides is 1. The number of carbonyl (C=O) groups excluding carboxylic acids is 1. The molecule has 2 aromatic heterocycles. The fourth-order valence-corrected chi connectivity index (χ4v) is 3.03. The third-order valence-corrected chi connectivity index (χ3v) is 4.51. The fraction of sp³-hybridized carbons (Fsp3) is 0.278. The molecule has 1 unspecified atom stereocenters. The zero-order chi connectivity index (χ0) is 21.1. The predicted octanol–water partition coefficient (Wildman–Crippen LogP) is 3.49. The number of benzene rings is 1. The number of carbonyl (C=O) groups is 1. The number of aryl methyl sites for hydroxylation is 1. The molecular formula is C18H19ClN6O4. The Morgan fingerprint density at radius 3 is 2.83 bits per heavy atom. The van der Waals surface area contributed by atoms with Crippen LogP contribution in [0.25, 0.3) is 0 Å². The molecule has 10 nitrogen and oxygen atoms in total. The highest BCUT2D eigenvalue weighted by molar-refractivity contribution is 6.30. The Hall–Kier alpha value is -3.40. The van der Waals surface area contributed by atoms with Gasteiger partial charge in [-0.2, -0.15) is 10.2 Å². The number of anilines is 1. The molecular weight excluding hydrogens is 400 g/mol. The number of aromatic nitrogens is 4. The van der Waals surface area contributed by atoms with E-state index in [-0.39, 0.29) is 24.0 Å². The minimum Gasteiger partial charge on any atom is -0.471 e. The van der Waals surface area contributed by atoms with Crippen LogP contribution in [-0.4, -0.2) is 30.4 Å². The molecule has 0 saturated carbocycles. The van der Waals surface area contributed by atoms with Gasteiger partial charge in [-0.15, -0.1) is 0 Å². The normalized spacial score (nSPS) is 11.9. The molecule has 0 aliphatic carbocycles. The van der Waals surface area contributed by atoms with Crippen LogP contribution in [-0.2, 0) is 11.5 Å². The van der Waals surface area contributed by atoms with E-state index >= 15 is 0 Å². The number of nitrogens with one attached hydrogen (secondary N) is 1. The lowest BCUT2D eigenvalue weighted by Crippen LogP contribution is -2.25. The summed E-state index contributed by atoms with van der Waals surface area (Å²) in [5, 5.41) is 22.7. The standard InChI is InChI=1S/C18H19ClN6O4/c1-11-17(25(27)28)12(2)24(22-11)13(3)18(26)21-15-8-20-23(9-15)10-29-16-6-4-5-14(19)7-16/h4-9,13H,10H2,1-3H3,(H,21,26). The summed E-state index contributed by atoms with van der Waals surface area (Å²) in [5.41, 5.74) is 0.960. The minimum absolute atomic E-state index is 0.0874. The molecule has 0 spiro atoms. The average Bonchev–Trinajstić information content (AvgIpc) is 3.23. The third kappa shape index (κ3) is 4.54. The van der Waals surface area contributed by atoms with Crippen LogP contribution < -0.4 is 10.1 Å². The molecule has 0 radical (unpaired) electrons. The van der Waals surface area contributed by atoms with Gasteiger partial charge in [0.2, 0.25) is 5.91 Å². The highest BCUT2D eigenvalue weighted by Gasteiger charge is 2.27. The van der Waals surface area contributed by atoms with Crippen LogP contribution in [0.2, 0.25) is 5.02 Å². The van der Waals surface area contributed by atoms with Crippen LogP contribution in [0.4, 0.5) is 11.4 Å². The molecule has 0 saturated heterocycles. The number of rotatable bonds is 7. The van der Waals surface area contributed by atoms with Gasteiger partial charge in [-0.3, -0.25) is 19.6 Å². The lowest BCUT2D eigenvalue weighted by atomic mass is 10.2. The Bertz CT molecular complexity index is 1060. The van der Waals surface area contributed by atoms with Crippen LogP contribution in [0.15, 0.2) is 36.7 Å². The van der Waals surface area contributed by atoms with E-state index in [0.29, 0.717) is 22.2 Å². The monoisotopic (exact) mass is 418 g/mol. The Balaban J connectivity index is 1.64. The maximum atomic E-state index is 12.6. The van der Waals surface area contributed by atoms with Gasteiger partial charge in [-0.25, -0.2) is 4.68 Å². The van der Waals surface area contributed by atoms with Crippen molar-refractivity contribution >= 4 is 28.9 Å². The second-order valence-corrected chi connectivity index (χ2v) is 6.82. The number of hydrogen-bond donors (Lipinski definition) is 1. The zero-order valence-electron chi connectivity index (χ0n) is 16.0. The maximum absolute atomic E-state index is 12.6. The molecule has 11 heteroatoms. The van der Waals surface area contributed by atoms with E-state index in [4.69, 9.17) is 16.3 Å². The van der Waals surface area contributed by atoms with Crippen LogP contribution in [0.5, 0.6) is 5.75 Å². The first-order valence-electron chi connectivity index (χ1n) is 8.68. The van der Waals surface area contributed by atoms with Crippen molar-refractivity contribution < 1.29 is 14.5 Å². The topological polar surface area (TPSA) is 117 Å². The van der Waals surface area contributed by atoms with Crippen LogP contribution in [0.3, 0.4) is 0 Å². The number of ether oxygens (including phenoxy) is 1. The van der Waals surface area contributed by atoms with Gasteiger partial charge in [0.15, 0.2) is 6.73 Å². The SMILES string of the molecule is Cc1nn(C(C)C(=O)Nc2cnn(COc3cccc(Cl)c3)c2)c(C)c1[N+](=O)[O-]. The fourth-order valence-electron chi connectivity index (χ4n) is 2.85.